The van der Waals surface area contributed by atoms with Gasteiger partial charge < -0.3 is 18.6 Å². The second-order valence-corrected chi connectivity index (χ2v) is 20.7. The highest BCUT2D eigenvalue weighted by Gasteiger charge is 2.48. The number of hydrogen-bond donors (Lipinski definition) is 0. The third kappa shape index (κ3) is 6.90. The van der Waals surface area contributed by atoms with Crippen LogP contribution in [0.2, 0.25) is 0 Å². The smallest absolute Gasteiger partial charge is 0.159 e. The lowest BCUT2D eigenvalue weighted by molar-refractivity contribution is 0.668. The monoisotopic (exact) mass is 966 g/mol. The van der Waals surface area contributed by atoms with E-state index in [1.165, 1.54) is 49.9 Å². The molecular weight excluding hydrogens is 913 g/mol. The summed E-state index contributed by atoms with van der Waals surface area (Å²) in [5.74, 6) is 0.777. The number of anilines is 6. The Balaban J connectivity index is 1.08. The van der Waals surface area contributed by atoms with Gasteiger partial charge >= 0.3 is 0 Å². The van der Waals surface area contributed by atoms with Gasteiger partial charge in [-0.05, 0) is 128 Å². The molecule has 0 radical (unpaired) electrons. The first-order valence-electron chi connectivity index (χ1n) is 26.3. The van der Waals surface area contributed by atoms with Crippen LogP contribution in [0.1, 0.15) is 72.9 Å². The molecule has 0 bridgehead atoms. The average molecular weight is 967 g/mol. The van der Waals surface area contributed by atoms with Crippen LogP contribution in [0.3, 0.4) is 0 Å². The number of furan rings is 2. The molecule has 0 unspecified atom stereocenters. The summed E-state index contributed by atoms with van der Waals surface area (Å²) in [6.07, 6.45) is 0. The number of benzene rings is 11. The molecule has 0 N–H and O–H groups in total. The van der Waals surface area contributed by atoms with Crippen molar-refractivity contribution >= 4 is 88.8 Å². The van der Waals surface area contributed by atoms with Gasteiger partial charge in [-0.1, -0.05) is 204 Å². The third-order valence-electron chi connectivity index (χ3n) is 15.9. The Bertz CT molecular complexity index is 4260. The quantitative estimate of drug-likeness (QED) is 0.137. The van der Waals surface area contributed by atoms with Crippen LogP contribution in [0.4, 0.5) is 34.1 Å². The molecule has 0 saturated heterocycles. The van der Waals surface area contributed by atoms with Gasteiger partial charge in [0.05, 0.1) is 22.5 Å². The fourth-order valence-corrected chi connectivity index (χ4v) is 12.3. The van der Waals surface area contributed by atoms with E-state index < -0.39 is 5.41 Å². The topological polar surface area (TPSA) is 32.8 Å². The molecule has 0 amide bonds. The van der Waals surface area contributed by atoms with Crippen LogP contribution in [-0.2, 0) is 5.41 Å². The zero-order valence-corrected chi connectivity index (χ0v) is 42.5. The second-order valence-electron chi connectivity index (χ2n) is 20.7. The summed E-state index contributed by atoms with van der Waals surface area (Å²) in [5, 5.41) is 6.70. The molecule has 14 rings (SSSR count). The second kappa shape index (κ2) is 17.5. The van der Waals surface area contributed by atoms with Crippen molar-refractivity contribution in [3.63, 3.8) is 0 Å². The molecule has 0 atom stereocenters. The normalized spacial score (nSPS) is 12.9. The molecular formula is C71H54N2O2. The Morgan fingerprint density at radius 2 is 0.773 bits per heavy atom. The van der Waals surface area contributed by atoms with Gasteiger partial charge in [-0.25, -0.2) is 0 Å². The minimum atomic E-state index is -0.765. The van der Waals surface area contributed by atoms with Crippen LogP contribution in [0, 0.1) is 0 Å². The maximum absolute atomic E-state index is 6.92. The molecule has 360 valence electrons. The van der Waals surface area contributed by atoms with Gasteiger partial charge in [0, 0.05) is 44.0 Å². The van der Waals surface area contributed by atoms with E-state index in [0.717, 1.165) is 83.4 Å². The maximum Gasteiger partial charge on any atom is 0.159 e. The lowest BCUT2D eigenvalue weighted by atomic mass is 9.67. The van der Waals surface area contributed by atoms with Crippen molar-refractivity contribution in [3.05, 3.63) is 276 Å². The third-order valence-corrected chi connectivity index (χ3v) is 15.9. The fraction of sp³-hybridized carbons (Fsp3) is 0.0986. The summed E-state index contributed by atoms with van der Waals surface area (Å²) in [4.78, 5) is 4.85. The molecule has 0 spiro atoms. The first-order valence-corrected chi connectivity index (χ1v) is 26.3. The number of rotatable bonds is 10. The fourth-order valence-electron chi connectivity index (χ4n) is 12.3. The highest BCUT2D eigenvalue weighted by molar-refractivity contribution is 6.15. The van der Waals surface area contributed by atoms with Crippen LogP contribution in [0.15, 0.2) is 251 Å². The number of para-hydroxylation sites is 4. The Morgan fingerprint density at radius 1 is 0.333 bits per heavy atom. The molecule has 4 nitrogen and oxygen atoms in total. The van der Waals surface area contributed by atoms with Gasteiger partial charge in [-0.15, -0.1) is 0 Å². The van der Waals surface area contributed by atoms with E-state index in [1.54, 1.807) is 0 Å². The lowest BCUT2D eigenvalue weighted by Gasteiger charge is -2.36. The molecule has 0 saturated carbocycles. The van der Waals surface area contributed by atoms with Gasteiger partial charge in [0.1, 0.15) is 11.2 Å². The summed E-state index contributed by atoms with van der Waals surface area (Å²) in [7, 11) is 0. The molecule has 1 aliphatic rings. The van der Waals surface area contributed by atoms with Gasteiger partial charge in [-0.3, -0.25) is 0 Å². The van der Waals surface area contributed by atoms with Gasteiger partial charge in [0.15, 0.2) is 11.2 Å². The van der Waals surface area contributed by atoms with E-state index in [4.69, 9.17) is 8.83 Å². The first kappa shape index (κ1) is 44.6. The average Bonchev–Trinajstić information content (AvgIpc) is 4.31. The highest BCUT2D eigenvalue weighted by Crippen LogP contribution is 2.61. The van der Waals surface area contributed by atoms with Crippen LogP contribution in [0.5, 0.6) is 0 Å². The summed E-state index contributed by atoms with van der Waals surface area (Å²) in [6.45, 7) is 9.02. The minimum Gasteiger partial charge on any atom is -0.454 e. The van der Waals surface area contributed by atoms with E-state index in [9.17, 15) is 0 Å². The Hall–Kier alpha value is -9.12. The van der Waals surface area contributed by atoms with E-state index in [-0.39, 0.29) is 0 Å². The standard InChI is InChI=1S/C71H54N2O2/c1-45(2)47-33-37-51(38-34-47)72(63-29-17-27-58-55-24-13-15-31-66(55)74-69(58)63)53-41-42-60-61(43-53)71(49-19-7-5-8-20-49,50-21-9-6-10-22-50)62-44-65(54-23-11-12-26-57(54)68(60)62)73(52-39-35-48(36-40-52)46(3)4)64-30-18-28-59-56-25-14-16-32-67(56)75-70(59)64/h5-46H,1-4H3. The first-order chi connectivity index (χ1) is 36.9. The Morgan fingerprint density at radius 3 is 1.31 bits per heavy atom. The Labute approximate surface area is 437 Å². The molecule has 75 heavy (non-hydrogen) atoms. The van der Waals surface area contributed by atoms with Crippen molar-refractivity contribution in [2.24, 2.45) is 0 Å². The van der Waals surface area contributed by atoms with Crippen molar-refractivity contribution < 1.29 is 8.83 Å². The summed E-state index contributed by atoms with van der Waals surface area (Å²) in [6, 6.07) is 89.1. The number of fused-ring (bicyclic) bond motifs is 11. The van der Waals surface area contributed by atoms with Gasteiger partial charge in [-0.2, -0.15) is 0 Å². The van der Waals surface area contributed by atoms with Crippen LogP contribution < -0.4 is 9.80 Å². The van der Waals surface area contributed by atoms with E-state index in [0.29, 0.717) is 11.8 Å². The summed E-state index contributed by atoms with van der Waals surface area (Å²) < 4.78 is 13.8. The molecule has 1 aliphatic carbocycles. The largest absolute Gasteiger partial charge is 0.454 e. The molecule has 2 aromatic heterocycles. The van der Waals surface area contributed by atoms with Crippen molar-refractivity contribution in [1.82, 2.24) is 0 Å². The molecule has 11 aromatic carbocycles. The van der Waals surface area contributed by atoms with Crippen molar-refractivity contribution in [2.45, 2.75) is 44.9 Å². The SMILES string of the molecule is CC(C)c1ccc(N(c2ccc3c(c2)C(c2ccccc2)(c2ccccc2)c2cc(N(c4ccc(C(C)C)cc4)c4cccc5c4oc4ccccc45)c4ccccc4c2-3)c2cccc3c2oc2ccccc23)cc1. The molecule has 13 aromatic rings. The zero-order valence-electron chi connectivity index (χ0n) is 42.5. The predicted octanol–water partition coefficient (Wildman–Crippen LogP) is 20.2. The Kier molecular flexibility index (Phi) is 10.4. The number of nitrogens with zero attached hydrogens (tertiary/aromatic N) is 2. The van der Waals surface area contributed by atoms with Crippen LogP contribution >= 0.6 is 0 Å². The highest BCUT2D eigenvalue weighted by atomic mass is 16.3. The molecule has 4 heteroatoms. The van der Waals surface area contributed by atoms with Gasteiger partial charge in [0.2, 0.25) is 0 Å². The van der Waals surface area contributed by atoms with Crippen LogP contribution in [-0.4, -0.2) is 0 Å². The zero-order chi connectivity index (χ0) is 50.4. The van der Waals surface area contributed by atoms with E-state index in [2.05, 4.69) is 274 Å². The van der Waals surface area contributed by atoms with E-state index in [1.807, 2.05) is 6.07 Å². The minimum absolute atomic E-state index is 0.384. The van der Waals surface area contributed by atoms with Crippen molar-refractivity contribution in [1.29, 1.82) is 0 Å². The molecule has 0 fully saturated rings. The summed E-state index contributed by atoms with van der Waals surface area (Å²) in [5.41, 5.74) is 18.7. The number of hydrogen-bond acceptors (Lipinski definition) is 4. The predicted molar refractivity (Wildman–Crippen MR) is 313 cm³/mol. The van der Waals surface area contributed by atoms with Crippen LogP contribution in [0.25, 0.3) is 65.8 Å². The molecule has 0 aliphatic heterocycles. The summed E-state index contributed by atoms with van der Waals surface area (Å²) >= 11 is 0. The van der Waals surface area contributed by atoms with Gasteiger partial charge in [0.25, 0.3) is 0 Å². The maximum atomic E-state index is 6.92. The lowest BCUT2D eigenvalue weighted by Crippen LogP contribution is -2.29. The van der Waals surface area contributed by atoms with Crippen molar-refractivity contribution in [3.8, 4) is 11.1 Å². The molecule has 2 heterocycles. The van der Waals surface area contributed by atoms with Crippen molar-refractivity contribution in [2.75, 3.05) is 9.80 Å². The van der Waals surface area contributed by atoms with E-state index >= 15 is 0 Å².